The summed E-state index contributed by atoms with van der Waals surface area (Å²) in [6.45, 7) is 3.89. The highest BCUT2D eigenvalue weighted by Crippen LogP contribution is 2.31. The predicted molar refractivity (Wildman–Crippen MR) is 133 cm³/mol. The number of hydrogen-bond donors (Lipinski definition) is 1. The lowest BCUT2D eigenvalue weighted by molar-refractivity contribution is -0.126. The van der Waals surface area contributed by atoms with Crippen molar-refractivity contribution in [3.05, 3.63) is 63.0 Å². The van der Waals surface area contributed by atoms with Crippen molar-refractivity contribution in [3.63, 3.8) is 0 Å². The number of rotatable bonds is 8. The van der Waals surface area contributed by atoms with Crippen LogP contribution in [0.1, 0.15) is 50.8 Å². The summed E-state index contributed by atoms with van der Waals surface area (Å²) < 4.78 is 14.2. The van der Waals surface area contributed by atoms with Gasteiger partial charge in [-0.1, -0.05) is 37.0 Å². The first kappa shape index (κ1) is 24.5. The van der Waals surface area contributed by atoms with Crippen molar-refractivity contribution in [2.45, 2.75) is 64.5 Å². The van der Waals surface area contributed by atoms with Crippen LogP contribution in [-0.4, -0.2) is 30.2 Å². The summed E-state index contributed by atoms with van der Waals surface area (Å²) in [5.41, 5.74) is 1.36. The molecule has 4 nitrogen and oxygen atoms in total. The molecule has 32 heavy (non-hydrogen) atoms. The summed E-state index contributed by atoms with van der Waals surface area (Å²) in [6.07, 6.45) is 7.35. The van der Waals surface area contributed by atoms with E-state index in [1.54, 1.807) is 12.1 Å². The number of carbonyl (C=O) groups excluding carboxylic acids is 2. The highest BCUT2D eigenvalue weighted by atomic mass is 32.2. The van der Waals surface area contributed by atoms with E-state index in [0.717, 1.165) is 41.0 Å². The molecule has 1 atom stereocenters. The lowest BCUT2D eigenvalue weighted by Crippen LogP contribution is -2.53. The molecule has 0 spiro atoms. The van der Waals surface area contributed by atoms with Crippen molar-refractivity contribution in [2.75, 3.05) is 11.2 Å². The van der Waals surface area contributed by atoms with E-state index in [2.05, 4.69) is 5.32 Å². The molecule has 0 bridgehead atoms. The molecule has 0 radical (unpaired) electrons. The summed E-state index contributed by atoms with van der Waals surface area (Å²) in [5, 5.41) is 5.12. The van der Waals surface area contributed by atoms with Crippen LogP contribution < -0.4 is 10.2 Å². The lowest BCUT2D eigenvalue weighted by Gasteiger charge is -2.34. The molecular formula is C25H31FN2O2S2. The van der Waals surface area contributed by atoms with E-state index < -0.39 is 11.9 Å². The van der Waals surface area contributed by atoms with Crippen molar-refractivity contribution in [2.24, 2.45) is 0 Å². The first-order valence-corrected chi connectivity index (χ1v) is 13.1. The Morgan fingerprint density at radius 1 is 1.19 bits per heavy atom. The van der Waals surface area contributed by atoms with Crippen LogP contribution in [-0.2, 0) is 16.0 Å². The minimum atomic E-state index is -0.841. The molecule has 1 fully saturated rings. The normalized spacial score (nSPS) is 15.1. The van der Waals surface area contributed by atoms with Crippen LogP contribution in [0.3, 0.4) is 0 Å². The Morgan fingerprint density at radius 3 is 2.53 bits per heavy atom. The standard InChI is InChI=1S/C25H31FN2O2S2/c1-17(2)24(31-3)23(25(30)27-19-10-5-4-6-11-19)28(20-12-7-9-18(26)15-20)22(29)16-21-13-8-14-32-21/h7-9,12-15,19,23H,4-6,10-11,16H2,1-3H3,(H,27,30). The van der Waals surface area contributed by atoms with Gasteiger partial charge in [0.25, 0.3) is 0 Å². The van der Waals surface area contributed by atoms with Gasteiger partial charge in [-0.25, -0.2) is 4.39 Å². The van der Waals surface area contributed by atoms with Crippen LogP contribution in [0.15, 0.2) is 52.3 Å². The lowest BCUT2D eigenvalue weighted by atomic mass is 9.95. The van der Waals surface area contributed by atoms with E-state index in [-0.39, 0.29) is 24.3 Å². The molecule has 1 aliphatic rings. The van der Waals surface area contributed by atoms with Crippen molar-refractivity contribution >= 4 is 40.6 Å². The van der Waals surface area contributed by atoms with Gasteiger partial charge in [-0.05, 0) is 62.6 Å². The molecule has 0 saturated heterocycles. The second-order valence-corrected chi connectivity index (χ2v) is 10.2. The maximum absolute atomic E-state index is 14.2. The third kappa shape index (κ3) is 6.23. The molecule has 1 saturated carbocycles. The number of carbonyl (C=O) groups is 2. The van der Waals surface area contributed by atoms with Crippen molar-refractivity contribution in [1.82, 2.24) is 5.32 Å². The number of nitrogens with one attached hydrogen (secondary N) is 1. The van der Waals surface area contributed by atoms with Gasteiger partial charge in [0.2, 0.25) is 11.8 Å². The molecule has 2 aromatic rings. The second kappa shape index (κ2) is 11.7. The molecule has 3 rings (SSSR count). The van der Waals surface area contributed by atoms with Gasteiger partial charge in [0.1, 0.15) is 11.9 Å². The summed E-state index contributed by atoms with van der Waals surface area (Å²) in [6, 6.07) is 9.02. The molecule has 172 valence electrons. The molecule has 1 aromatic heterocycles. The monoisotopic (exact) mass is 474 g/mol. The zero-order valence-corrected chi connectivity index (χ0v) is 20.5. The SMILES string of the molecule is CSC(=C(C)C)C(C(=O)NC1CCCCC1)N(C(=O)Cc1cccs1)c1cccc(F)c1. The number of thiophene rings is 1. The average molecular weight is 475 g/mol. The van der Waals surface area contributed by atoms with Crippen molar-refractivity contribution in [1.29, 1.82) is 0 Å². The van der Waals surface area contributed by atoms with E-state index in [9.17, 15) is 14.0 Å². The number of halogens is 1. The Balaban J connectivity index is 2.03. The van der Waals surface area contributed by atoms with Gasteiger partial charge in [-0.15, -0.1) is 23.1 Å². The van der Waals surface area contributed by atoms with E-state index >= 15 is 0 Å². The van der Waals surface area contributed by atoms with Gasteiger partial charge >= 0.3 is 0 Å². The molecular weight excluding hydrogens is 443 g/mol. The molecule has 1 unspecified atom stereocenters. The summed E-state index contributed by atoms with van der Waals surface area (Å²) >= 11 is 2.96. The summed E-state index contributed by atoms with van der Waals surface area (Å²) in [4.78, 5) is 30.5. The van der Waals surface area contributed by atoms with Crippen LogP contribution in [0, 0.1) is 5.82 Å². The molecule has 1 aliphatic carbocycles. The highest BCUT2D eigenvalue weighted by molar-refractivity contribution is 8.02. The van der Waals surface area contributed by atoms with Crippen LogP contribution in [0.2, 0.25) is 0 Å². The summed E-state index contributed by atoms with van der Waals surface area (Å²) in [7, 11) is 0. The van der Waals surface area contributed by atoms with Crippen molar-refractivity contribution < 1.29 is 14.0 Å². The Bertz CT molecular complexity index is 949. The number of allylic oxidation sites excluding steroid dienone is 1. The Morgan fingerprint density at radius 2 is 1.94 bits per heavy atom. The fourth-order valence-electron chi connectivity index (χ4n) is 4.18. The van der Waals surface area contributed by atoms with Crippen LogP contribution in [0.4, 0.5) is 10.1 Å². The van der Waals surface area contributed by atoms with E-state index in [0.29, 0.717) is 5.69 Å². The van der Waals surface area contributed by atoms with Crippen LogP contribution in [0.5, 0.6) is 0 Å². The van der Waals surface area contributed by atoms with Gasteiger partial charge in [0.15, 0.2) is 0 Å². The van der Waals surface area contributed by atoms with E-state index in [1.807, 2.05) is 37.6 Å². The fraction of sp³-hybridized carbons (Fsp3) is 0.440. The molecule has 1 N–H and O–H groups in total. The molecule has 0 aliphatic heterocycles. The Kier molecular flexibility index (Phi) is 8.93. The zero-order valence-electron chi connectivity index (χ0n) is 18.9. The van der Waals surface area contributed by atoms with Gasteiger partial charge in [-0.2, -0.15) is 0 Å². The molecule has 1 heterocycles. The molecule has 1 aromatic carbocycles. The van der Waals surface area contributed by atoms with Crippen molar-refractivity contribution in [3.8, 4) is 0 Å². The summed E-state index contributed by atoms with van der Waals surface area (Å²) in [5.74, 6) is -0.869. The van der Waals surface area contributed by atoms with Gasteiger partial charge in [0, 0.05) is 21.5 Å². The zero-order chi connectivity index (χ0) is 23.1. The third-order valence-electron chi connectivity index (χ3n) is 5.68. The maximum Gasteiger partial charge on any atom is 0.248 e. The average Bonchev–Trinajstić information content (AvgIpc) is 3.27. The number of thioether (sulfide) groups is 1. The topological polar surface area (TPSA) is 49.4 Å². The maximum atomic E-state index is 14.2. The van der Waals surface area contributed by atoms with Gasteiger partial charge in [0.05, 0.1) is 6.42 Å². The largest absolute Gasteiger partial charge is 0.351 e. The van der Waals surface area contributed by atoms with E-state index in [4.69, 9.17) is 0 Å². The molecule has 7 heteroatoms. The third-order valence-corrected chi connectivity index (χ3v) is 7.63. The van der Waals surface area contributed by atoms with Gasteiger partial charge in [-0.3, -0.25) is 14.5 Å². The highest BCUT2D eigenvalue weighted by Gasteiger charge is 2.36. The predicted octanol–water partition coefficient (Wildman–Crippen LogP) is 5.94. The minimum absolute atomic E-state index is 0.112. The Labute approximate surface area is 198 Å². The number of anilines is 1. The van der Waals surface area contributed by atoms with Crippen LogP contribution >= 0.6 is 23.1 Å². The fourth-order valence-corrected chi connectivity index (χ4v) is 5.72. The van der Waals surface area contributed by atoms with Crippen LogP contribution in [0.25, 0.3) is 0 Å². The molecule has 2 amide bonds. The Hall–Kier alpha value is -2.12. The first-order chi connectivity index (χ1) is 15.4. The van der Waals surface area contributed by atoms with Gasteiger partial charge < -0.3 is 5.32 Å². The second-order valence-electron chi connectivity index (χ2n) is 8.31. The van der Waals surface area contributed by atoms with E-state index in [1.165, 1.54) is 46.6 Å². The number of benzene rings is 1. The first-order valence-electron chi connectivity index (χ1n) is 11.0. The number of amides is 2. The quantitative estimate of drug-likeness (QED) is 0.515. The number of hydrogen-bond acceptors (Lipinski definition) is 4. The minimum Gasteiger partial charge on any atom is -0.351 e. The smallest absolute Gasteiger partial charge is 0.248 e. The number of nitrogens with zero attached hydrogens (tertiary/aromatic N) is 1.